The van der Waals surface area contributed by atoms with Crippen molar-refractivity contribution in [2.24, 2.45) is 0 Å². The fourth-order valence-electron chi connectivity index (χ4n) is 2.53. The number of aromatic nitrogens is 3. The summed E-state index contributed by atoms with van der Waals surface area (Å²) in [5.41, 5.74) is 3.36. The van der Waals surface area contributed by atoms with Crippen molar-refractivity contribution in [3.63, 3.8) is 0 Å². The molecular formula is C22H21N3O3S2. The molecule has 0 unspecified atom stereocenters. The van der Waals surface area contributed by atoms with Crippen molar-refractivity contribution in [3.05, 3.63) is 81.6 Å². The van der Waals surface area contributed by atoms with E-state index in [1.54, 1.807) is 11.3 Å². The van der Waals surface area contributed by atoms with Crippen LogP contribution in [0, 0.1) is 13.8 Å². The van der Waals surface area contributed by atoms with E-state index in [0.29, 0.717) is 23.5 Å². The molecule has 0 bridgehead atoms. The van der Waals surface area contributed by atoms with E-state index in [1.807, 2.05) is 60.8 Å². The van der Waals surface area contributed by atoms with Gasteiger partial charge in [-0.3, -0.25) is 0 Å². The number of hydrogen-bond donors (Lipinski definition) is 0. The van der Waals surface area contributed by atoms with E-state index in [9.17, 15) is 0 Å². The van der Waals surface area contributed by atoms with Crippen LogP contribution in [0.1, 0.15) is 27.7 Å². The first-order valence-corrected chi connectivity index (χ1v) is 11.3. The highest BCUT2D eigenvalue weighted by molar-refractivity contribution is 7.98. The van der Waals surface area contributed by atoms with Gasteiger partial charge in [-0.15, -0.1) is 21.5 Å². The molecular weight excluding hydrogens is 418 g/mol. The number of thiazole rings is 1. The van der Waals surface area contributed by atoms with E-state index in [-0.39, 0.29) is 6.61 Å². The van der Waals surface area contributed by atoms with Crippen LogP contribution in [0.2, 0.25) is 0 Å². The first-order valence-electron chi connectivity index (χ1n) is 9.41. The first-order chi connectivity index (χ1) is 14.6. The van der Waals surface area contributed by atoms with E-state index in [2.05, 4.69) is 22.1 Å². The molecule has 6 nitrogen and oxygen atoms in total. The molecule has 154 valence electrons. The molecule has 0 saturated heterocycles. The van der Waals surface area contributed by atoms with Gasteiger partial charge in [-0.2, -0.15) is 0 Å². The van der Waals surface area contributed by atoms with Crippen LogP contribution in [0.25, 0.3) is 0 Å². The van der Waals surface area contributed by atoms with Gasteiger partial charge < -0.3 is 13.9 Å². The van der Waals surface area contributed by atoms with Crippen LogP contribution in [0.15, 0.2) is 63.6 Å². The Labute approximate surface area is 183 Å². The molecule has 2 aromatic heterocycles. The second kappa shape index (κ2) is 9.77. The van der Waals surface area contributed by atoms with Crippen molar-refractivity contribution in [2.45, 2.75) is 38.0 Å². The molecule has 8 heteroatoms. The van der Waals surface area contributed by atoms with Gasteiger partial charge in [0.15, 0.2) is 6.61 Å². The maximum atomic E-state index is 5.78. The molecule has 0 N–H and O–H groups in total. The quantitative estimate of drug-likeness (QED) is 0.315. The third-order valence-corrected chi connectivity index (χ3v) is 5.88. The summed E-state index contributed by atoms with van der Waals surface area (Å²) in [6, 6.07) is 15.8. The Balaban J connectivity index is 1.23. The number of benzene rings is 2. The minimum Gasteiger partial charge on any atom is -0.486 e. The normalized spacial score (nSPS) is 10.9. The van der Waals surface area contributed by atoms with Gasteiger partial charge in [-0.1, -0.05) is 47.2 Å². The maximum absolute atomic E-state index is 5.78. The van der Waals surface area contributed by atoms with Gasteiger partial charge in [0.05, 0.1) is 5.69 Å². The minimum absolute atomic E-state index is 0.244. The second-order valence-electron chi connectivity index (χ2n) is 6.69. The Hall–Kier alpha value is -2.84. The lowest BCUT2D eigenvalue weighted by molar-refractivity contribution is 0.252. The highest BCUT2D eigenvalue weighted by Gasteiger charge is 2.10. The van der Waals surface area contributed by atoms with Crippen molar-refractivity contribution in [3.8, 4) is 11.5 Å². The average molecular weight is 440 g/mol. The molecule has 0 radical (unpaired) electrons. The standard InChI is InChI=1S/C22H21N3O3S2/c1-15-3-7-18(8-4-15)26-11-20-24-25-22(28-20)30-14-17-13-29-21(23-17)12-27-19-9-5-16(2)6-10-19/h3-10,13H,11-12,14H2,1-2H3. The Morgan fingerprint density at radius 2 is 1.50 bits per heavy atom. The smallest absolute Gasteiger partial charge is 0.277 e. The van der Waals surface area contributed by atoms with Crippen LogP contribution in [0.3, 0.4) is 0 Å². The number of nitrogens with zero attached hydrogens (tertiary/aromatic N) is 3. The van der Waals surface area contributed by atoms with Gasteiger partial charge in [0.2, 0.25) is 0 Å². The zero-order valence-electron chi connectivity index (χ0n) is 16.7. The number of rotatable bonds is 9. The summed E-state index contributed by atoms with van der Waals surface area (Å²) in [6.07, 6.45) is 0. The van der Waals surface area contributed by atoms with Crippen LogP contribution >= 0.6 is 23.1 Å². The van der Waals surface area contributed by atoms with Crippen molar-refractivity contribution >= 4 is 23.1 Å². The highest BCUT2D eigenvalue weighted by atomic mass is 32.2. The Morgan fingerprint density at radius 3 is 2.17 bits per heavy atom. The molecule has 0 saturated carbocycles. The van der Waals surface area contributed by atoms with Crippen molar-refractivity contribution in [1.29, 1.82) is 0 Å². The van der Waals surface area contributed by atoms with Crippen LogP contribution in [-0.4, -0.2) is 15.2 Å². The molecule has 0 atom stereocenters. The van der Waals surface area contributed by atoms with Gasteiger partial charge in [0, 0.05) is 11.1 Å². The molecule has 2 aromatic carbocycles. The molecule has 0 amide bonds. The molecule has 0 fully saturated rings. The van der Waals surface area contributed by atoms with Crippen LogP contribution < -0.4 is 9.47 Å². The minimum atomic E-state index is 0.244. The molecule has 0 spiro atoms. The number of thioether (sulfide) groups is 1. The monoisotopic (exact) mass is 439 g/mol. The predicted octanol–water partition coefficient (Wildman–Crippen LogP) is 5.59. The number of aryl methyl sites for hydroxylation is 2. The van der Waals surface area contributed by atoms with E-state index < -0.39 is 0 Å². The zero-order chi connectivity index (χ0) is 20.8. The molecule has 30 heavy (non-hydrogen) atoms. The second-order valence-corrected chi connectivity index (χ2v) is 8.56. The summed E-state index contributed by atoms with van der Waals surface area (Å²) in [7, 11) is 0. The van der Waals surface area contributed by atoms with Gasteiger partial charge in [-0.25, -0.2) is 4.98 Å². The summed E-state index contributed by atoms with van der Waals surface area (Å²) >= 11 is 3.04. The molecule has 0 aliphatic heterocycles. The van der Waals surface area contributed by atoms with Gasteiger partial charge in [0.1, 0.15) is 23.1 Å². The van der Waals surface area contributed by atoms with Gasteiger partial charge in [-0.05, 0) is 38.1 Å². The van der Waals surface area contributed by atoms with Crippen LogP contribution in [0.4, 0.5) is 0 Å². The van der Waals surface area contributed by atoms with Gasteiger partial charge in [0.25, 0.3) is 11.1 Å². The Bertz CT molecular complexity index is 988. The Morgan fingerprint density at radius 1 is 0.867 bits per heavy atom. The van der Waals surface area contributed by atoms with Crippen molar-refractivity contribution < 1.29 is 13.9 Å². The average Bonchev–Trinajstić information content (AvgIpc) is 3.41. The van der Waals surface area contributed by atoms with E-state index in [1.165, 1.54) is 22.9 Å². The number of ether oxygens (including phenoxy) is 2. The topological polar surface area (TPSA) is 70.3 Å². The van der Waals surface area contributed by atoms with Gasteiger partial charge >= 0.3 is 0 Å². The number of hydrogen-bond acceptors (Lipinski definition) is 8. The zero-order valence-corrected chi connectivity index (χ0v) is 18.3. The van der Waals surface area contributed by atoms with E-state index in [4.69, 9.17) is 13.9 Å². The first kappa shape index (κ1) is 20.4. The third-order valence-electron chi connectivity index (χ3n) is 4.16. The molecule has 0 aliphatic rings. The van der Waals surface area contributed by atoms with E-state index >= 15 is 0 Å². The summed E-state index contributed by atoms with van der Waals surface area (Å²) in [5.74, 6) is 2.72. The van der Waals surface area contributed by atoms with Crippen LogP contribution in [0.5, 0.6) is 11.5 Å². The lowest BCUT2D eigenvalue weighted by Gasteiger charge is -2.03. The Kier molecular flexibility index (Phi) is 6.66. The van der Waals surface area contributed by atoms with Crippen molar-refractivity contribution in [2.75, 3.05) is 0 Å². The molecule has 2 heterocycles. The summed E-state index contributed by atoms with van der Waals surface area (Å²) in [6.45, 7) is 4.79. The van der Waals surface area contributed by atoms with E-state index in [0.717, 1.165) is 22.2 Å². The predicted molar refractivity (Wildman–Crippen MR) is 117 cm³/mol. The SMILES string of the molecule is Cc1ccc(OCc2nnc(SCc3csc(COc4ccc(C)cc4)n3)o2)cc1. The van der Waals surface area contributed by atoms with Crippen LogP contribution in [-0.2, 0) is 19.0 Å². The summed E-state index contributed by atoms with van der Waals surface area (Å²) in [4.78, 5) is 4.61. The molecule has 0 aliphatic carbocycles. The molecule has 4 rings (SSSR count). The summed E-state index contributed by atoms with van der Waals surface area (Å²) < 4.78 is 17.1. The summed E-state index contributed by atoms with van der Waals surface area (Å²) in [5, 5.41) is 11.6. The largest absolute Gasteiger partial charge is 0.486 e. The lowest BCUT2D eigenvalue weighted by Crippen LogP contribution is -1.95. The third kappa shape index (κ3) is 5.84. The molecule has 4 aromatic rings. The van der Waals surface area contributed by atoms with Crippen molar-refractivity contribution in [1.82, 2.24) is 15.2 Å². The maximum Gasteiger partial charge on any atom is 0.277 e. The fourth-order valence-corrected chi connectivity index (χ4v) is 4.01. The lowest BCUT2D eigenvalue weighted by atomic mass is 10.2. The fraction of sp³-hybridized carbons (Fsp3) is 0.227. The highest BCUT2D eigenvalue weighted by Crippen LogP contribution is 2.24.